The maximum absolute atomic E-state index is 12.9. The van der Waals surface area contributed by atoms with Gasteiger partial charge in [0.25, 0.3) is 10.0 Å². The fourth-order valence-corrected chi connectivity index (χ4v) is 4.72. The Morgan fingerprint density at radius 2 is 1.47 bits per heavy atom. The number of anilines is 1. The quantitative estimate of drug-likeness (QED) is 0.419. The molecule has 0 radical (unpaired) electrons. The van der Waals surface area contributed by atoms with E-state index in [1.165, 1.54) is 12.1 Å². The van der Waals surface area contributed by atoms with E-state index in [4.69, 9.17) is 11.6 Å². The van der Waals surface area contributed by atoms with Gasteiger partial charge in [-0.25, -0.2) is 8.42 Å². The Labute approximate surface area is 176 Å². The summed E-state index contributed by atoms with van der Waals surface area (Å²) in [4.78, 5) is 27.9. The number of hydrogen-bond donors (Lipinski definition) is 3. The molecule has 0 unspecified atom stereocenters. The monoisotopic (exact) mass is 441 g/mol. The molecule has 0 saturated carbocycles. The molecular formula is C21H16ClN3O4S. The lowest BCUT2D eigenvalue weighted by Crippen LogP contribution is -2.29. The number of sulfonamides is 1. The second-order valence-corrected chi connectivity index (χ2v) is 8.79. The summed E-state index contributed by atoms with van der Waals surface area (Å²) in [6, 6.07) is 17.0. The van der Waals surface area contributed by atoms with Crippen molar-refractivity contribution in [1.82, 2.24) is 9.97 Å². The Balaban J connectivity index is 1.68. The molecule has 0 bridgehead atoms. The first-order chi connectivity index (χ1) is 14.2. The molecule has 0 aliphatic rings. The van der Waals surface area contributed by atoms with Gasteiger partial charge in [0.05, 0.1) is 15.9 Å². The van der Waals surface area contributed by atoms with Gasteiger partial charge in [-0.3, -0.25) is 14.3 Å². The maximum atomic E-state index is 12.9. The molecule has 0 saturated heterocycles. The molecule has 30 heavy (non-hydrogen) atoms. The first-order valence-electron chi connectivity index (χ1n) is 8.89. The Morgan fingerprint density at radius 3 is 2.10 bits per heavy atom. The van der Waals surface area contributed by atoms with Crippen LogP contribution in [0, 0.1) is 6.92 Å². The molecule has 0 aliphatic heterocycles. The normalized spacial score (nSPS) is 11.5. The van der Waals surface area contributed by atoms with Crippen LogP contribution in [0.1, 0.15) is 5.56 Å². The van der Waals surface area contributed by atoms with Crippen molar-refractivity contribution in [3.8, 4) is 11.1 Å². The number of aromatic nitrogens is 2. The zero-order valence-electron chi connectivity index (χ0n) is 15.7. The van der Waals surface area contributed by atoms with E-state index < -0.39 is 21.1 Å². The fourth-order valence-electron chi connectivity index (χ4n) is 3.17. The van der Waals surface area contributed by atoms with Crippen molar-refractivity contribution in [2.24, 2.45) is 0 Å². The van der Waals surface area contributed by atoms with Crippen LogP contribution in [0.15, 0.2) is 75.1 Å². The number of aromatic amines is 2. The summed E-state index contributed by atoms with van der Waals surface area (Å²) >= 11 is 6.21. The first kappa shape index (κ1) is 19.9. The number of fused-ring (bicyclic) bond motifs is 1. The molecule has 0 fully saturated rings. The van der Waals surface area contributed by atoms with Gasteiger partial charge in [-0.05, 0) is 48.4 Å². The third-order valence-electron chi connectivity index (χ3n) is 4.63. The highest BCUT2D eigenvalue weighted by Crippen LogP contribution is 2.29. The number of rotatable bonds is 4. The lowest BCUT2D eigenvalue weighted by molar-refractivity contribution is 0.600. The van der Waals surface area contributed by atoms with Gasteiger partial charge >= 0.3 is 11.1 Å². The SMILES string of the molecule is Cc1cc2[nH]c(=O)c(=O)[nH]c2cc1S(=O)(=O)Nc1ccc(-c2ccccc2Cl)cc1. The highest BCUT2D eigenvalue weighted by Gasteiger charge is 2.19. The summed E-state index contributed by atoms with van der Waals surface area (Å²) < 4.78 is 28.4. The van der Waals surface area contributed by atoms with Crippen molar-refractivity contribution in [3.63, 3.8) is 0 Å². The summed E-state index contributed by atoms with van der Waals surface area (Å²) in [5, 5.41) is 0.602. The number of benzene rings is 3. The predicted molar refractivity (Wildman–Crippen MR) is 118 cm³/mol. The molecule has 7 nitrogen and oxygen atoms in total. The molecule has 0 aliphatic carbocycles. The van der Waals surface area contributed by atoms with Gasteiger partial charge in [0.1, 0.15) is 0 Å². The Bertz CT molecular complexity index is 1490. The van der Waals surface area contributed by atoms with Crippen molar-refractivity contribution in [2.75, 3.05) is 4.72 Å². The highest BCUT2D eigenvalue weighted by molar-refractivity contribution is 7.92. The minimum absolute atomic E-state index is 0.00659. The summed E-state index contributed by atoms with van der Waals surface area (Å²) in [6.07, 6.45) is 0. The molecule has 4 rings (SSSR count). The molecule has 0 amide bonds. The molecule has 0 atom stereocenters. The molecule has 4 aromatic rings. The van der Waals surface area contributed by atoms with Crippen LogP contribution < -0.4 is 15.8 Å². The molecule has 152 valence electrons. The van der Waals surface area contributed by atoms with Crippen molar-refractivity contribution < 1.29 is 8.42 Å². The molecule has 3 N–H and O–H groups in total. The first-order valence-corrected chi connectivity index (χ1v) is 10.8. The van der Waals surface area contributed by atoms with E-state index in [1.807, 2.05) is 18.2 Å². The number of H-pyrrole nitrogens is 2. The number of hydrogen-bond acceptors (Lipinski definition) is 4. The minimum atomic E-state index is -3.93. The average molecular weight is 442 g/mol. The topological polar surface area (TPSA) is 112 Å². The molecular weight excluding hydrogens is 426 g/mol. The number of aryl methyl sites for hydroxylation is 1. The fraction of sp³-hybridized carbons (Fsp3) is 0.0476. The van der Waals surface area contributed by atoms with E-state index in [1.54, 1.807) is 37.3 Å². The standard InChI is InChI=1S/C21H16ClN3O4S/c1-12-10-17-18(24-21(27)20(26)23-17)11-19(12)30(28,29)25-14-8-6-13(7-9-14)15-4-2-3-5-16(15)22/h2-11,25H,1H3,(H,23,26)(H,24,27). The molecule has 1 aromatic heterocycles. The zero-order chi connectivity index (χ0) is 21.5. The molecule has 1 heterocycles. The van der Waals surface area contributed by atoms with Crippen LogP contribution in [0.3, 0.4) is 0 Å². The summed E-state index contributed by atoms with van der Waals surface area (Å²) in [7, 11) is -3.93. The van der Waals surface area contributed by atoms with Gasteiger partial charge in [0.15, 0.2) is 0 Å². The minimum Gasteiger partial charge on any atom is -0.316 e. The van der Waals surface area contributed by atoms with E-state index in [0.717, 1.165) is 11.1 Å². The van der Waals surface area contributed by atoms with Crippen LogP contribution in [0.5, 0.6) is 0 Å². The van der Waals surface area contributed by atoms with Crippen molar-refractivity contribution in [3.05, 3.63) is 92.0 Å². The molecule has 3 aromatic carbocycles. The summed E-state index contributed by atoms with van der Waals surface area (Å²) in [6.45, 7) is 1.61. The van der Waals surface area contributed by atoms with Crippen LogP contribution in [0.4, 0.5) is 5.69 Å². The Kier molecular flexibility index (Phi) is 4.97. The number of nitrogens with one attached hydrogen (secondary N) is 3. The van der Waals surface area contributed by atoms with Crippen molar-refractivity contribution >= 4 is 38.3 Å². The van der Waals surface area contributed by atoms with Crippen LogP contribution in [-0.4, -0.2) is 18.4 Å². The van der Waals surface area contributed by atoms with Gasteiger partial charge in [0, 0.05) is 16.3 Å². The predicted octanol–water partition coefficient (Wildman–Crippen LogP) is 3.65. The van der Waals surface area contributed by atoms with Gasteiger partial charge in [-0.15, -0.1) is 0 Å². The number of halogens is 1. The molecule has 9 heteroatoms. The lowest BCUT2D eigenvalue weighted by Gasteiger charge is -2.12. The van der Waals surface area contributed by atoms with E-state index in [-0.39, 0.29) is 10.4 Å². The van der Waals surface area contributed by atoms with Crippen LogP contribution in [0.2, 0.25) is 5.02 Å². The van der Waals surface area contributed by atoms with Crippen LogP contribution >= 0.6 is 11.6 Å². The molecule has 0 spiro atoms. The zero-order valence-corrected chi connectivity index (χ0v) is 17.3. The summed E-state index contributed by atoms with van der Waals surface area (Å²) in [5.41, 5.74) is 1.42. The van der Waals surface area contributed by atoms with Gasteiger partial charge in [0.2, 0.25) is 0 Å². The van der Waals surface area contributed by atoms with Crippen LogP contribution in [0.25, 0.3) is 22.2 Å². The van der Waals surface area contributed by atoms with Gasteiger partial charge in [-0.1, -0.05) is 41.9 Å². The average Bonchev–Trinajstić information content (AvgIpc) is 2.69. The van der Waals surface area contributed by atoms with Gasteiger partial charge in [-0.2, -0.15) is 0 Å². The third-order valence-corrected chi connectivity index (χ3v) is 6.48. The van der Waals surface area contributed by atoms with E-state index in [9.17, 15) is 18.0 Å². The Morgan fingerprint density at radius 1 is 0.867 bits per heavy atom. The second-order valence-electron chi connectivity index (χ2n) is 6.73. The Hall–Kier alpha value is -3.36. The smallest absolute Gasteiger partial charge is 0.314 e. The highest BCUT2D eigenvalue weighted by atomic mass is 35.5. The van der Waals surface area contributed by atoms with Crippen LogP contribution in [-0.2, 0) is 10.0 Å². The second kappa shape index (κ2) is 7.47. The summed E-state index contributed by atoms with van der Waals surface area (Å²) in [5.74, 6) is 0. The van der Waals surface area contributed by atoms with Crippen molar-refractivity contribution in [1.29, 1.82) is 0 Å². The van der Waals surface area contributed by atoms with E-state index in [2.05, 4.69) is 14.7 Å². The third kappa shape index (κ3) is 3.74. The largest absolute Gasteiger partial charge is 0.316 e. The maximum Gasteiger partial charge on any atom is 0.314 e. The van der Waals surface area contributed by atoms with E-state index in [0.29, 0.717) is 21.8 Å². The van der Waals surface area contributed by atoms with E-state index >= 15 is 0 Å². The van der Waals surface area contributed by atoms with Gasteiger partial charge < -0.3 is 9.97 Å². The van der Waals surface area contributed by atoms with Crippen molar-refractivity contribution in [2.45, 2.75) is 11.8 Å². The lowest BCUT2D eigenvalue weighted by atomic mass is 10.1.